The number of alkyl halides is 2. The second-order valence-corrected chi connectivity index (χ2v) is 14.2. The van der Waals surface area contributed by atoms with Gasteiger partial charge in [0.1, 0.15) is 0 Å². The van der Waals surface area contributed by atoms with Crippen LogP contribution in [0.1, 0.15) is 11.1 Å². The Balaban J connectivity index is 1.40. The van der Waals surface area contributed by atoms with E-state index in [1.54, 1.807) is 12.2 Å². The molecule has 0 saturated carbocycles. The van der Waals surface area contributed by atoms with Crippen molar-refractivity contribution in [1.82, 2.24) is 0 Å². The van der Waals surface area contributed by atoms with Gasteiger partial charge in [0.05, 0.1) is 11.5 Å². The highest BCUT2D eigenvalue weighted by atomic mass is 79.9. The molecule has 0 radical (unpaired) electrons. The number of sulfone groups is 1. The molecule has 0 spiro atoms. The second-order valence-electron chi connectivity index (χ2n) is 9.43. The molecule has 0 aromatic heterocycles. The molecular weight excluding hydrogens is 693 g/mol. The average molecular weight is 717 g/mol. The summed E-state index contributed by atoms with van der Waals surface area (Å²) in [5.74, 6) is -2.03. The van der Waals surface area contributed by atoms with Crippen molar-refractivity contribution in [3.05, 3.63) is 127 Å². The summed E-state index contributed by atoms with van der Waals surface area (Å²) in [6, 6.07) is 14.8. The van der Waals surface area contributed by atoms with Gasteiger partial charge in [-0.25, -0.2) is 17.2 Å². The Morgan fingerprint density at radius 1 is 0.744 bits per heavy atom. The molecule has 0 saturated heterocycles. The first-order chi connectivity index (χ1) is 18.4. The minimum Gasteiger partial charge on any atom is -0.230 e. The van der Waals surface area contributed by atoms with Crippen molar-refractivity contribution in [2.75, 3.05) is 11.5 Å². The van der Waals surface area contributed by atoms with Gasteiger partial charge < -0.3 is 0 Å². The maximum absolute atomic E-state index is 15.4. The van der Waals surface area contributed by atoms with Gasteiger partial charge in [0, 0.05) is 30.8 Å². The third-order valence-electron chi connectivity index (χ3n) is 6.31. The predicted molar refractivity (Wildman–Crippen MR) is 166 cm³/mol. The van der Waals surface area contributed by atoms with Crippen LogP contribution in [-0.2, 0) is 9.84 Å². The van der Waals surface area contributed by atoms with Crippen LogP contribution in [0, 0.1) is 11.8 Å². The van der Waals surface area contributed by atoms with Crippen LogP contribution >= 0.6 is 55.1 Å². The van der Waals surface area contributed by atoms with E-state index in [0.717, 1.165) is 20.1 Å². The minimum atomic E-state index is -3.69. The summed E-state index contributed by atoms with van der Waals surface area (Å²) >= 11 is 19.5. The summed E-state index contributed by atoms with van der Waals surface area (Å²) in [4.78, 5) is 0. The standard InChI is InChI=1S/C30H24Br2Cl2F2O2S/c31-25-7-3-1-5-21(25)9-13-29(35)15-11-23(27(33)17-29)19-39(37,38)20-24-12-16-30(36,18-28(24)34)14-10-22-6-2-4-8-26(22)32/h1-18,23-24H,19-20H2/b13-9+,14-10+. The van der Waals surface area contributed by atoms with Crippen LogP contribution in [0.3, 0.4) is 0 Å². The Morgan fingerprint density at radius 2 is 1.13 bits per heavy atom. The Morgan fingerprint density at radius 3 is 1.49 bits per heavy atom. The van der Waals surface area contributed by atoms with E-state index in [4.69, 9.17) is 23.2 Å². The molecule has 2 aliphatic rings. The molecule has 2 aromatic rings. The van der Waals surface area contributed by atoms with E-state index in [1.807, 2.05) is 48.5 Å². The molecule has 204 valence electrons. The molecule has 4 rings (SSSR count). The summed E-state index contributed by atoms with van der Waals surface area (Å²) in [6.07, 6.45) is 14.0. The molecule has 2 nitrogen and oxygen atoms in total. The topological polar surface area (TPSA) is 34.1 Å². The van der Waals surface area contributed by atoms with Gasteiger partial charge in [-0.05, 0) is 59.7 Å². The van der Waals surface area contributed by atoms with Gasteiger partial charge in [-0.15, -0.1) is 0 Å². The largest absolute Gasteiger partial charge is 0.230 e. The quantitative estimate of drug-likeness (QED) is 0.255. The summed E-state index contributed by atoms with van der Waals surface area (Å²) < 4.78 is 58.4. The Bertz CT molecular complexity index is 1420. The number of allylic oxidation sites excluding steroid dienone is 10. The second kappa shape index (κ2) is 12.4. The molecule has 0 fully saturated rings. The zero-order valence-electron chi connectivity index (χ0n) is 20.5. The maximum atomic E-state index is 15.4. The zero-order valence-corrected chi connectivity index (χ0v) is 26.0. The van der Waals surface area contributed by atoms with E-state index in [0.29, 0.717) is 0 Å². The molecule has 4 unspecified atom stereocenters. The Hall–Kier alpha value is -1.77. The van der Waals surface area contributed by atoms with Crippen molar-refractivity contribution in [3.8, 4) is 0 Å². The monoisotopic (exact) mass is 714 g/mol. The molecule has 2 aliphatic carbocycles. The fourth-order valence-electron chi connectivity index (χ4n) is 4.19. The van der Waals surface area contributed by atoms with Gasteiger partial charge in [0.25, 0.3) is 0 Å². The number of hydrogen-bond donors (Lipinski definition) is 0. The molecule has 0 N–H and O–H groups in total. The maximum Gasteiger partial charge on any atom is 0.167 e. The fourth-order valence-corrected chi connectivity index (χ4v) is 7.66. The first-order valence-corrected chi connectivity index (χ1v) is 16.1. The highest BCUT2D eigenvalue weighted by Gasteiger charge is 2.33. The summed E-state index contributed by atoms with van der Waals surface area (Å²) in [5, 5.41) is 0.197. The van der Waals surface area contributed by atoms with Crippen LogP contribution in [0.2, 0.25) is 0 Å². The van der Waals surface area contributed by atoms with Crippen LogP contribution < -0.4 is 0 Å². The van der Waals surface area contributed by atoms with Crippen molar-refractivity contribution < 1.29 is 17.2 Å². The minimum absolute atomic E-state index is 0.0983. The molecule has 2 aromatic carbocycles. The van der Waals surface area contributed by atoms with E-state index >= 15 is 8.78 Å². The van der Waals surface area contributed by atoms with Gasteiger partial charge in [0.15, 0.2) is 21.2 Å². The summed E-state index contributed by atoms with van der Waals surface area (Å²) in [5.41, 5.74) is -2.30. The lowest BCUT2D eigenvalue weighted by Gasteiger charge is -2.25. The van der Waals surface area contributed by atoms with E-state index in [9.17, 15) is 8.42 Å². The lowest BCUT2D eigenvalue weighted by atomic mass is 9.93. The Labute approximate surface area is 254 Å². The third kappa shape index (κ3) is 8.14. The van der Waals surface area contributed by atoms with Crippen molar-refractivity contribution in [2.24, 2.45) is 11.8 Å². The molecule has 0 heterocycles. The van der Waals surface area contributed by atoms with Gasteiger partial charge in [-0.1, -0.05) is 116 Å². The first-order valence-electron chi connectivity index (χ1n) is 12.0. The lowest BCUT2D eigenvalue weighted by Crippen LogP contribution is -2.28. The van der Waals surface area contributed by atoms with Crippen molar-refractivity contribution in [3.63, 3.8) is 0 Å². The first kappa shape index (κ1) is 30.2. The fraction of sp³-hybridized carbons (Fsp3) is 0.200. The zero-order chi connectivity index (χ0) is 28.3. The number of benzene rings is 2. The highest BCUT2D eigenvalue weighted by molar-refractivity contribution is 9.10. The van der Waals surface area contributed by atoms with Crippen LogP contribution in [0.25, 0.3) is 12.2 Å². The average Bonchev–Trinajstić information content (AvgIpc) is 2.87. The lowest BCUT2D eigenvalue weighted by molar-refractivity contribution is 0.363. The van der Waals surface area contributed by atoms with Crippen molar-refractivity contribution in [2.45, 2.75) is 11.3 Å². The Kier molecular flexibility index (Phi) is 9.60. The number of halogens is 6. The number of rotatable bonds is 8. The molecule has 0 bridgehead atoms. The molecule has 0 aliphatic heterocycles. The molecular formula is C30H24Br2Cl2F2O2S. The van der Waals surface area contributed by atoms with Gasteiger partial charge >= 0.3 is 0 Å². The predicted octanol–water partition coefficient (Wildman–Crippen LogP) is 9.39. The molecule has 9 heteroatoms. The van der Waals surface area contributed by atoms with Gasteiger partial charge in [-0.3, -0.25) is 0 Å². The van der Waals surface area contributed by atoms with Crippen LogP contribution in [0.5, 0.6) is 0 Å². The van der Waals surface area contributed by atoms with Crippen LogP contribution in [-0.4, -0.2) is 31.3 Å². The van der Waals surface area contributed by atoms with E-state index < -0.39 is 33.0 Å². The summed E-state index contributed by atoms with van der Waals surface area (Å²) in [6.45, 7) is 0. The van der Waals surface area contributed by atoms with Gasteiger partial charge in [-0.2, -0.15) is 0 Å². The SMILES string of the molecule is O=S(=O)(CC1C=CC(F)(/C=C/c2ccccc2Br)C=C1Cl)CC1C=CC(F)(/C=C/c2ccccc2Br)C=C1Cl. The van der Waals surface area contributed by atoms with E-state index in [2.05, 4.69) is 31.9 Å². The summed E-state index contributed by atoms with van der Waals surface area (Å²) in [7, 11) is -3.69. The number of hydrogen-bond acceptors (Lipinski definition) is 2. The van der Waals surface area contributed by atoms with E-state index in [1.165, 1.54) is 48.6 Å². The smallest absolute Gasteiger partial charge is 0.167 e. The van der Waals surface area contributed by atoms with Gasteiger partial charge in [0.2, 0.25) is 0 Å². The highest BCUT2D eigenvalue weighted by Crippen LogP contribution is 2.36. The van der Waals surface area contributed by atoms with Crippen molar-refractivity contribution >= 4 is 77.1 Å². The van der Waals surface area contributed by atoms with Crippen LogP contribution in [0.4, 0.5) is 8.78 Å². The van der Waals surface area contributed by atoms with E-state index in [-0.39, 0.29) is 21.6 Å². The molecule has 39 heavy (non-hydrogen) atoms. The molecule has 4 atom stereocenters. The third-order valence-corrected chi connectivity index (χ3v) is 10.3. The van der Waals surface area contributed by atoms with Crippen molar-refractivity contribution in [1.29, 1.82) is 0 Å². The normalized spacial score (nSPS) is 27.2. The molecule has 0 amide bonds. The van der Waals surface area contributed by atoms with Crippen LogP contribution in [0.15, 0.2) is 116 Å².